The van der Waals surface area contributed by atoms with Crippen LogP contribution in [-0.4, -0.2) is 25.2 Å². The van der Waals surface area contributed by atoms with E-state index in [0.29, 0.717) is 6.10 Å². The van der Waals surface area contributed by atoms with E-state index in [1.165, 1.54) is 0 Å². The average molecular weight is 215 g/mol. The third-order valence-electron chi connectivity index (χ3n) is 1.99. The molecule has 90 valence electrons. The first-order valence-corrected chi connectivity index (χ1v) is 5.74. The Labute approximate surface area is 93.6 Å². The first-order chi connectivity index (χ1) is 6.84. The van der Waals surface area contributed by atoms with Gasteiger partial charge in [0.25, 0.3) is 0 Å². The summed E-state index contributed by atoms with van der Waals surface area (Å²) in [6, 6.07) is 0. The fourth-order valence-electron chi connectivity index (χ4n) is 1.01. The summed E-state index contributed by atoms with van der Waals surface area (Å²) in [5.41, 5.74) is -0.283. The van der Waals surface area contributed by atoms with Crippen LogP contribution in [0.5, 0.6) is 0 Å². The van der Waals surface area contributed by atoms with Crippen molar-refractivity contribution in [2.45, 2.75) is 53.6 Å². The summed E-state index contributed by atoms with van der Waals surface area (Å²) in [5.74, 6) is 0.118. The Bertz CT molecular complexity index is 183. The van der Waals surface area contributed by atoms with Gasteiger partial charge in [0, 0.05) is 18.6 Å². The van der Waals surface area contributed by atoms with E-state index in [4.69, 9.17) is 4.74 Å². The lowest BCUT2D eigenvalue weighted by Crippen LogP contribution is -2.35. The van der Waals surface area contributed by atoms with Gasteiger partial charge in [0.2, 0.25) is 5.91 Å². The molecule has 15 heavy (non-hydrogen) atoms. The molecule has 0 atom stereocenters. The highest BCUT2D eigenvalue weighted by molar-refractivity contribution is 5.81. The minimum atomic E-state index is -0.283. The van der Waals surface area contributed by atoms with Crippen molar-refractivity contribution in [2.75, 3.05) is 13.2 Å². The molecule has 1 amide bonds. The third kappa shape index (κ3) is 8.43. The maximum Gasteiger partial charge on any atom is 0.225 e. The van der Waals surface area contributed by atoms with Gasteiger partial charge in [0.15, 0.2) is 0 Å². The average Bonchev–Trinajstić information content (AvgIpc) is 2.08. The molecule has 0 rings (SSSR count). The monoisotopic (exact) mass is 215 g/mol. The quantitative estimate of drug-likeness (QED) is 0.691. The molecule has 0 bridgehead atoms. The van der Waals surface area contributed by atoms with Crippen LogP contribution in [0.1, 0.15) is 47.5 Å². The normalized spacial score (nSPS) is 11.9. The van der Waals surface area contributed by atoms with E-state index < -0.39 is 0 Å². The number of ether oxygens (including phenoxy) is 1. The van der Waals surface area contributed by atoms with Gasteiger partial charge in [-0.3, -0.25) is 4.79 Å². The van der Waals surface area contributed by atoms with Crippen LogP contribution < -0.4 is 5.32 Å². The van der Waals surface area contributed by atoms with Crippen LogP contribution in [0.4, 0.5) is 0 Å². The number of amides is 1. The number of hydrogen-bond acceptors (Lipinski definition) is 2. The van der Waals surface area contributed by atoms with Crippen molar-refractivity contribution < 1.29 is 9.53 Å². The lowest BCUT2D eigenvalue weighted by Gasteiger charge is -2.17. The van der Waals surface area contributed by atoms with Gasteiger partial charge in [0.1, 0.15) is 0 Å². The Morgan fingerprint density at radius 3 is 2.33 bits per heavy atom. The van der Waals surface area contributed by atoms with Crippen molar-refractivity contribution in [3.05, 3.63) is 0 Å². The van der Waals surface area contributed by atoms with Crippen molar-refractivity contribution in [1.29, 1.82) is 0 Å². The van der Waals surface area contributed by atoms with Crippen LogP contribution in [-0.2, 0) is 9.53 Å². The van der Waals surface area contributed by atoms with Crippen LogP contribution in [0.25, 0.3) is 0 Å². The number of nitrogens with one attached hydrogen (secondary N) is 1. The fraction of sp³-hybridized carbons (Fsp3) is 0.917. The Kier molecular flexibility index (Phi) is 6.57. The molecule has 0 aliphatic carbocycles. The Morgan fingerprint density at radius 2 is 1.87 bits per heavy atom. The molecular formula is C12H25NO2. The van der Waals surface area contributed by atoms with E-state index in [1.807, 2.05) is 34.6 Å². The van der Waals surface area contributed by atoms with Crippen molar-refractivity contribution >= 4 is 5.91 Å². The summed E-state index contributed by atoms with van der Waals surface area (Å²) in [6.07, 6.45) is 2.28. The molecule has 0 radical (unpaired) electrons. The van der Waals surface area contributed by atoms with E-state index in [0.717, 1.165) is 26.0 Å². The zero-order chi connectivity index (χ0) is 11.9. The first-order valence-electron chi connectivity index (χ1n) is 5.74. The lowest BCUT2D eigenvalue weighted by atomic mass is 9.96. The molecule has 1 N–H and O–H groups in total. The molecule has 0 aliphatic rings. The van der Waals surface area contributed by atoms with Crippen molar-refractivity contribution in [3.63, 3.8) is 0 Å². The van der Waals surface area contributed by atoms with Crippen LogP contribution in [0.2, 0.25) is 0 Å². The van der Waals surface area contributed by atoms with Crippen LogP contribution >= 0.6 is 0 Å². The summed E-state index contributed by atoms with van der Waals surface area (Å²) in [4.78, 5) is 11.5. The molecule has 0 aromatic rings. The molecule has 0 fully saturated rings. The standard InChI is InChI=1S/C12H25NO2/c1-10(2)15-9-7-6-8-13-11(14)12(3,4)5/h10H,6-9H2,1-5H3,(H,13,14). The molecule has 0 saturated carbocycles. The Hall–Kier alpha value is -0.570. The van der Waals surface area contributed by atoms with Gasteiger partial charge in [-0.05, 0) is 26.7 Å². The third-order valence-corrected chi connectivity index (χ3v) is 1.99. The molecule has 0 aliphatic heterocycles. The second-order valence-electron chi connectivity index (χ2n) is 5.13. The summed E-state index contributed by atoms with van der Waals surface area (Å²) in [5, 5.41) is 2.92. The fourth-order valence-corrected chi connectivity index (χ4v) is 1.01. The molecule has 0 aromatic heterocycles. The van der Waals surface area contributed by atoms with Crippen LogP contribution in [0.15, 0.2) is 0 Å². The number of unbranched alkanes of at least 4 members (excludes halogenated alkanes) is 1. The molecule has 3 heteroatoms. The van der Waals surface area contributed by atoms with E-state index in [9.17, 15) is 4.79 Å². The summed E-state index contributed by atoms with van der Waals surface area (Å²) in [7, 11) is 0. The number of carbonyl (C=O) groups is 1. The summed E-state index contributed by atoms with van der Waals surface area (Å²) in [6.45, 7) is 11.3. The van der Waals surface area contributed by atoms with E-state index in [2.05, 4.69) is 5.32 Å². The molecule has 0 unspecified atom stereocenters. The predicted octanol–water partition coefficient (Wildman–Crippen LogP) is 2.35. The molecule has 0 saturated heterocycles. The SMILES string of the molecule is CC(C)OCCCCNC(=O)C(C)(C)C. The molecule has 0 spiro atoms. The molecule has 0 heterocycles. The topological polar surface area (TPSA) is 38.3 Å². The zero-order valence-electron chi connectivity index (χ0n) is 10.7. The summed E-state index contributed by atoms with van der Waals surface area (Å²) >= 11 is 0. The van der Waals surface area contributed by atoms with Crippen LogP contribution in [0, 0.1) is 5.41 Å². The summed E-state index contributed by atoms with van der Waals surface area (Å²) < 4.78 is 5.40. The van der Waals surface area contributed by atoms with Gasteiger partial charge in [-0.2, -0.15) is 0 Å². The highest BCUT2D eigenvalue weighted by Gasteiger charge is 2.19. The van der Waals surface area contributed by atoms with Crippen LogP contribution in [0.3, 0.4) is 0 Å². The second-order valence-corrected chi connectivity index (χ2v) is 5.13. The largest absolute Gasteiger partial charge is 0.379 e. The predicted molar refractivity (Wildman–Crippen MR) is 62.8 cm³/mol. The van der Waals surface area contributed by atoms with Gasteiger partial charge in [-0.15, -0.1) is 0 Å². The maximum absolute atomic E-state index is 11.5. The highest BCUT2D eigenvalue weighted by atomic mass is 16.5. The Balaban J connectivity index is 3.36. The second kappa shape index (κ2) is 6.83. The molecule has 3 nitrogen and oxygen atoms in total. The number of carbonyl (C=O) groups excluding carboxylic acids is 1. The molecule has 0 aromatic carbocycles. The minimum Gasteiger partial charge on any atom is -0.379 e. The van der Waals surface area contributed by atoms with E-state index >= 15 is 0 Å². The number of rotatable bonds is 6. The smallest absolute Gasteiger partial charge is 0.225 e. The maximum atomic E-state index is 11.5. The van der Waals surface area contributed by atoms with Gasteiger partial charge in [-0.25, -0.2) is 0 Å². The van der Waals surface area contributed by atoms with E-state index in [-0.39, 0.29) is 11.3 Å². The van der Waals surface area contributed by atoms with Crippen molar-refractivity contribution in [1.82, 2.24) is 5.32 Å². The molecular weight excluding hydrogens is 190 g/mol. The first kappa shape index (κ1) is 14.4. The van der Waals surface area contributed by atoms with Gasteiger partial charge < -0.3 is 10.1 Å². The van der Waals surface area contributed by atoms with Crippen molar-refractivity contribution in [2.24, 2.45) is 5.41 Å². The highest BCUT2D eigenvalue weighted by Crippen LogP contribution is 2.12. The zero-order valence-corrected chi connectivity index (χ0v) is 10.7. The Morgan fingerprint density at radius 1 is 1.27 bits per heavy atom. The van der Waals surface area contributed by atoms with E-state index in [1.54, 1.807) is 0 Å². The van der Waals surface area contributed by atoms with Gasteiger partial charge >= 0.3 is 0 Å². The lowest BCUT2D eigenvalue weighted by molar-refractivity contribution is -0.128. The number of hydrogen-bond donors (Lipinski definition) is 1. The minimum absolute atomic E-state index is 0.118. The van der Waals surface area contributed by atoms with Gasteiger partial charge in [-0.1, -0.05) is 20.8 Å². The van der Waals surface area contributed by atoms with Crippen molar-refractivity contribution in [3.8, 4) is 0 Å². The van der Waals surface area contributed by atoms with Gasteiger partial charge in [0.05, 0.1) is 6.10 Å².